The van der Waals surface area contributed by atoms with Crippen LogP contribution >= 0.6 is 27.3 Å². The van der Waals surface area contributed by atoms with E-state index in [4.69, 9.17) is 4.74 Å². The molecular formula is C21H27BrF3N7O4S. The largest absolute Gasteiger partial charge is 0.471 e. The number of carbonyl (C=O) groups is 3. The zero-order valence-corrected chi connectivity index (χ0v) is 22.9. The molecule has 2 aromatic heterocycles. The fraction of sp³-hybridized carbons (Fsp3) is 0.571. The summed E-state index contributed by atoms with van der Waals surface area (Å²) < 4.78 is 45.1. The van der Waals surface area contributed by atoms with E-state index in [1.807, 2.05) is 10.2 Å². The number of carbonyl (C=O) groups excluding carboxylic acids is 3. The number of alkyl halides is 3. The van der Waals surface area contributed by atoms with Gasteiger partial charge in [-0.05, 0) is 56.0 Å². The van der Waals surface area contributed by atoms with E-state index in [2.05, 4.69) is 36.6 Å². The molecule has 1 unspecified atom stereocenters. The number of aryl methyl sites for hydroxylation is 1. The number of nitrogens with zero attached hydrogens (tertiary/aromatic N) is 4. The van der Waals surface area contributed by atoms with Crippen molar-refractivity contribution in [2.75, 3.05) is 23.3 Å². The summed E-state index contributed by atoms with van der Waals surface area (Å²) in [6.07, 6.45) is -3.07. The van der Waals surface area contributed by atoms with Gasteiger partial charge in [0.25, 0.3) is 5.91 Å². The van der Waals surface area contributed by atoms with Crippen LogP contribution in [0.1, 0.15) is 50.5 Å². The standard InChI is InChI=1S/C21H27BrF3N7O4S/c1-20(2,3)30-19(35)36-16-13(29-18(22)37-16)14(33)28-12-10-26-31(4)15(12)32-8-5-6-11(7-9-32)27-17(34)21(23,24)25/h10-11H,5-9H2,1-4H3,(H,27,34)(H,28,33)(H,30,35). The Morgan fingerprint density at radius 1 is 1.19 bits per heavy atom. The van der Waals surface area contributed by atoms with Crippen LogP contribution in [0.2, 0.25) is 0 Å². The van der Waals surface area contributed by atoms with Gasteiger partial charge < -0.3 is 25.6 Å². The smallest absolute Gasteiger partial charge is 0.397 e. The molecule has 1 saturated heterocycles. The van der Waals surface area contributed by atoms with E-state index in [1.54, 1.807) is 27.8 Å². The van der Waals surface area contributed by atoms with Crippen molar-refractivity contribution in [2.24, 2.45) is 7.05 Å². The first kappa shape index (κ1) is 28.7. The van der Waals surface area contributed by atoms with E-state index in [-0.39, 0.29) is 17.2 Å². The Kier molecular flexibility index (Phi) is 8.72. The molecule has 3 heterocycles. The van der Waals surface area contributed by atoms with Crippen molar-refractivity contribution in [3.63, 3.8) is 0 Å². The lowest BCUT2D eigenvalue weighted by Gasteiger charge is -2.24. The molecule has 3 rings (SSSR count). The van der Waals surface area contributed by atoms with Crippen LogP contribution in [0.5, 0.6) is 5.06 Å². The average molecular weight is 610 g/mol. The molecule has 0 aromatic carbocycles. The fourth-order valence-electron chi connectivity index (χ4n) is 3.71. The fourth-order valence-corrected chi connectivity index (χ4v) is 4.97. The molecule has 16 heteroatoms. The van der Waals surface area contributed by atoms with Gasteiger partial charge >= 0.3 is 18.2 Å². The van der Waals surface area contributed by atoms with Crippen LogP contribution in [0, 0.1) is 0 Å². The number of thiazole rings is 1. The minimum atomic E-state index is -4.94. The molecule has 0 bridgehead atoms. The lowest BCUT2D eigenvalue weighted by molar-refractivity contribution is -0.174. The van der Waals surface area contributed by atoms with Gasteiger partial charge in [-0.3, -0.25) is 14.3 Å². The van der Waals surface area contributed by atoms with Crippen LogP contribution < -0.4 is 25.6 Å². The third kappa shape index (κ3) is 7.80. The van der Waals surface area contributed by atoms with Crippen molar-refractivity contribution in [3.05, 3.63) is 15.8 Å². The number of nitrogens with one attached hydrogen (secondary N) is 3. The molecule has 11 nitrogen and oxygen atoms in total. The number of hydrogen-bond donors (Lipinski definition) is 3. The molecule has 2 aromatic rings. The molecule has 0 aliphatic carbocycles. The van der Waals surface area contributed by atoms with Crippen molar-refractivity contribution >= 4 is 56.7 Å². The van der Waals surface area contributed by atoms with E-state index in [0.717, 1.165) is 11.3 Å². The second kappa shape index (κ2) is 11.2. The first-order valence-corrected chi connectivity index (χ1v) is 12.9. The quantitative estimate of drug-likeness (QED) is 0.470. The molecule has 1 aliphatic heterocycles. The van der Waals surface area contributed by atoms with Gasteiger partial charge in [-0.2, -0.15) is 18.3 Å². The van der Waals surface area contributed by atoms with Crippen LogP contribution in [0.3, 0.4) is 0 Å². The van der Waals surface area contributed by atoms with Crippen LogP contribution in [-0.2, 0) is 11.8 Å². The van der Waals surface area contributed by atoms with Gasteiger partial charge in [0.1, 0.15) is 5.69 Å². The second-order valence-electron chi connectivity index (χ2n) is 9.41. The Morgan fingerprint density at radius 2 is 1.89 bits per heavy atom. The Hall–Kier alpha value is -2.88. The summed E-state index contributed by atoms with van der Waals surface area (Å²) in [5.74, 6) is -2.05. The van der Waals surface area contributed by atoms with Gasteiger partial charge in [0, 0.05) is 31.7 Å². The summed E-state index contributed by atoms with van der Waals surface area (Å²) in [5.41, 5.74) is -0.311. The summed E-state index contributed by atoms with van der Waals surface area (Å²) in [6, 6.07) is -0.628. The summed E-state index contributed by atoms with van der Waals surface area (Å²) in [5, 5.41) is 11.6. The monoisotopic (exact) mass is 609 g/mol. The summed E-state index contributed by atoms with van der Waals surface area (Å²) in [7, 11) is 1.67. The third-order valence-electron chi connectivity index (χ3n) is 5.22. The van der Waals surface area contributed by atoms with Gasteiger partial charge in [-0.25, -0.2) is 9.78 Å². The normalized spacial score (nSPS) is 16.6. The van der Waals surface area contributed by atoms with E-state index in [0.29, 0.717) is 41.4 Å². The maximum Gasteiger partial charge on any atom is 0.471 e. The summed E-state index contributed by atoms with van der Waals surface area (Å²) in [4.78, 5) is 42.6. The lowest BCUT2D eigenvalue weighted by Crippen LogP contribution is -2.43. The molecule has 3 N–H and O–H groups in total. The maximum atomic E-state index is 13.1. The van der Waals surface area contributed by atoms with Crippen LogP contribution in [-0.4, -0.2) is 63.5 Å². The van der Waals surface area contributed by atoms with Crippen molar-refractivity contribution in [1.29, 1.82) is 0 Å². The molecule has 37 heavy (non-hydrogen) atoms. The Balaban J connectivity index is 1.72. The highest BCUT2D eigenvalue weighted by molar-refractivity contribution is 9.11. The summed E-state index contributed by atoms with van der Waals surface area (Å²) >= 11 is 4.17. The van der Waals surface area contributed by atoms with Crippen molar-refractivity contribution in [2.45, 2.75) is 57.8 Å². The number of rotatable bonds is 5. The number of halogens is 4. The average Bonchev–Trinajstić information content (AvgIpc) is 3.20. The first-order chi connectivity index (χ1) is 17.1. The topological polar surface area (TPSA) is 130 Å². The maximum absolute atomic E-state index is 13.1. The highest BCUT2D eigenvalue weighted by Crippen LogP contribution is 2.33. The second-order valence-corrected chi connectivity index (χ2v) is 11.7. The SMILES string of the molecule is Cn1ncc(NC(=O)c2nc(Br)sc2OC(=O)NC(C)(C)C)c1N1CCCC(NC(=O)C(F)(F)F)CC1. The van der Waals surface area contributed by atoms with Crippen LogP contribution in [0.4, 0.5) is 29.5 Å². The molecule has 0 spiro atoms. The number of amides is 3. The summed E-state index contributed by atoms with van der Waals surface area (Å²) in [6.45, 7) is 6.15. The van der Waals surface area contributed by atoms with Gasteiger partial charge in [0.05, 0.1) is 6.20 Å². The van der Waals surface area contributed by atoms with Gasteiger partial charge in [-0.1, -0.05) is 11.3 Å². The number of hydrogen-bond acceptors (Lipinski definition) is 8. The van der Waals surface area contributed by atoms with E-state index >= 15 is 0 Å². The molecule has 1 fully saturated rings. The van der Waals surface area contributed by atoms with Crippen LogP contribution in [0.25, 0.3) is 0 Å². The molecule has 1 aliphatic rings. The lowest BCUT2D eigenvalue weighted by atomic mass is 10.1. The Bertz CT molecular complexity index is 1160. The zero-order valence-electron chi connectivity index (χ0n) is 20.5. The van der Waals surface area contributed by atoms with E-state index in [1.165, 1.54) is 10.9 Å². The van der Waals surface area contributed by atoms with Gasteiger partial charge in [0.15, 0.2) is 15.4 Å². The van der Waals surface area contributed by atoms with E-state index in [9.17, 15) is 27.6 Å². The third-order valence-corrected chi connectivity index (χ3v) is 6.61. The predicted molar refractivity (Wildman–Crippen MR) is 134 cm³/mol. The highest BCUT2D eigenvalue weighted by Gasteiger charge is 2.40. The molecule has 204 valence electrons. The Morgan fingerprint density at radius 3 is 2.54 bits per heavy atom. The van der Waals surface area contributed by atoms with Crippen LogP contribution in [0.15, 0.2) is 10.1 Å². The first-order valence-electron chi connectivity index (χ1n) is 11.3. The number of aromatic nitrogens is 3. The highest BCUT2D eigenvalue weighted by atomic mass is 79.9. The minimum absolute atomic E-state index is 0.00501. The van der Waals surface area contributed by atoms with Crippen molar-refractivity contribution in [3.8, 4) is 5.06 Å². The number of anilines is 2. The zero-order chi connectivity index (χ0) is 27.5. The molecular weight excluding hydrogens is 583 g/mol. The van der Waals surface area contributed by atoms with E-state index < -0.39 is 35.7 Å². The molecule has 0 radical (unpaired) electrons. The predicted octanol–water partition coefficient (Wildman–Crippen LogP) is 3.82. The minimum Gasteiger partial charge on any atom is -0.397 e. The molecule has 3 amide bonds. The Labute approximate surface area is 223 Å². The van der Waals surface area contributed by atoms with Crippen molar-refractivity contribution < 1.29 is 32.3 Å². The number of ether oxygens (including phenoxy) is 1. The van der Waals surface area contributed by atoms with Gasteiger partial charge in [-0.15, -0.1) is 0 Å². The molecule has 0 saturated carbocycles. The molecule has 1 atom stereocenters. The van der Waals surface area contributed by atoms with Gasteiger partial charge in [0.2, 0.25) is 5.06 Å². The van der Waals surface area contributed by atoms with Crippen molar-refractivity contribution in [1.82, 2.24) is 25.4 Å².